The third kappa shape index (κ3) is 5.39. The van der Waals surface area contributed by atoms with E-state index in [0.717, 1.165) is 24.8 Å². The van der Waals surface area contributed by atoms with Crippen molar-refractivity contribution in [1.82, 2.24) is 14.8 Å². The summed E-state index contributed by atoms with van der Waals surface area (Å²) in [5, 5.41) is 0. The van der Waals surface area contributed by atoms with Crippen LogP contribution in [0.15, 0.2) is 54.9 Å². The fourth-order valence-electron chi connectivity index (χ4n) is 3.58. The molecule has 2 aromatic rings. The Bertz CT molecular complexity index is 741. The Hall–Kier alpha value is -2.69. The molecule has 5 heteroatoms. The second kappa shape index (κ2) is 9.31. The van der Waals surface area contributed by atoms with Crippen molar-refractivity contribution >= 4 is 11.8 Å². The summed E-state index contributed by atoms with van der Waals surface area (Å²) >= 11 is 0. The predicted molar refractivity (Wildman–Crippen MR) is 105 cm³/mol. The van der Waals surface area contributed by atoms with Gasteiger partial charge in [-0.15, -0.1) is 0 Å². The molecule has 0 N–H and O–H groups in total. The first-order valence-corrected chi connectivity index (χ1v) is 9.60. The number of carbonyl (C=O) groups excluding carboxylic acids is 2. The van der Waals surface area contributed by atoms with Gasteiger partial charge in [-0.1, -0.05) is 30.3 Å². The van der Waals surface area contributed by atoms with Gasteiger partial charge in [-0.05, 0) is 42.5 Å². The lowest BCUT2D eigenvalue weighted by atomic mass is 9.94. The molecule has 1 aromatic carbocycles. The van der Waals surface area contributed by atoms with Crippen LogP contribution in [0.25, 0.3) is 0 Å². The fourth-order valence-corrected chi connectivity index (χ4v) is 3.58. The van der Waals surface area contributed by atoms with Crippen LogP contribution in [0.2, 0.25) is 0 Å². The van der Waals surface area contributed by atoms with E-state index in [0.29, 0.717) is 26.2 Å². The van der Waals surface area contributed by atoms with Crippen molar-refractivity contribution in [2.45, 2.75) is 32.7 Å². The topological polar surface area (TPSA) is 53.5 Å². The number of rotatable bonds is 6. The molecule has 1 aliphatic rings. The van der Waals surface area contributed by atoms with Crippen LogP contribution in [0, 0.1) is 5.92 Å². The second-order valence-corrected chi connectivity index (χ2v) is 7.13. The lowest BCUT2D eigenvalue weighted by molar-refractivity contribution is -0.140. The van der Waals surface area contributed by atoms with Crippen LogP contribution < -0.4 is 0 Å². The molecular weight excluding hydrogens is 338 g/mol. The molecule has 1 aliphatic heterocycles. The molecule has 1 saturated heterocycles. The van der Waals surface area contributed by atoms with E-state index in [-0.39, 0.29) is 17.7 Å². The molecule has 0 bridgehead atoms. The highest BCUT2D eigenvalue weighted by molar-refractivity contribution is 5.79. The Balaban J connectivity index is 1.66. The van der Waals surface area contributed by atoms with Crippen LogP contribution in [-0.2, 0) is 22.6 Å². The highest BCUT2D eigenvalue weighted by Crippen LogP contribution is 2.21. The van der Waals surface area contributed by atoms with Crippen molar-refractivity contribution in [2.24, 2.45) is 5.92 Å². The molecule has 0 radical (unpaired) electrons. The number of amides is 2. The normalized spacial score (nSPS) is 14.8. The van der Waals surface area contributed by atoms with Crippen molar-refractivity contribution in [2.75, 3.05) is 19.6 Å². The smallest absolute Gasteiger partial charge is 0.226 e. The molecule has 0 unspecified atom stereocenters. The van der Waals surface area contributed by atoms with Gasteiger partial charge in [0.2, 0.25) is 11.8 Å². The lowest BCUT2D eigenvalue weighted by Gasteiger charge is -2.34. The van der Waals surface area contributed by atoms with Gasteiger partial charge in [0.25, 0.3) is 0 Å². The van der Waals surface area contributed by atoms with Crippen LogP contribution in [0.5, 0.6) is 0 Å². The Labute approximate surface area is 161 Å². The van der Waals surface area contributed by atoms with Crippen LogP contribution in [-0.4, -0.2) is 46.2 Å². The van der Waals surface area contributed by atoms with Gasteiger partial charge >= 0.3 is 0 Å². The number of benzene rings is 1. The number of hydrogen-bond acceptors (Lipinski definition) is 3. The number of likely N-dealkylation sites (tertiary alicyclic amines) is 1. The molecule has 1 fully saturated rings. The van der Waals surface area contributed by atoms with Gasteiger partial charge in [0.05, 0.1) is 0 Å². The summed E-state index contributed by atoms with van der Waals surface area (Å²) in [6.07, 6.45) is 5.86. The van der Waals surface area contributed by atoms with E-state index in [1.165, 1.54) is 5.56 Å². The summed E-state index contributed by atoms with van der Waals surface area (Å²) in [7, 11) is 0. The van der Waals surface area contributed by atoms with Gasteiger partial charge in [0, 0.05) is 51.4 Å². The predicted octanol–water partition coefficient (Wildman–Crippen LogP) is 2.91. The summed E-state index contributed by atoms with van der Waals surface area (Å²) in [6, 6.07) is 14.2. The molecule has 2 amide bonds. The Morgan fingerprint density at radius 3 is 2.33 bits per heavy atom. The van der Waals surface area contributed by atoms with Crippen molar-refractivity contribution in [1.29, 1.82) is 0 Å². The molecular formula is C22H27N3O2. The van der Waals surface area contributed by atoms with E-state index in [1.54, 1.807) is 19.3 Å². The molecule has 0 atom stereocenters. The van der Waals surface area contributed by atoms with Gasteiger partial charge in [0.1, 0.15) is 0 Å². The number of nitrogens with zero attached hydrogens (tertiary/aromatic N) is 3. The Kier molecular flexibility index (Phi) is 6.58. The molecule has 0 spiro atoms. The van der Waals surface area contributed by atoms with Crippen LogP contribution in [0.1, 0.15) is 30.9 Å². The molecule has 0 saturated carbocycles. The number of aromatic nitrogens is 1. The van der Waals surface area contributed by atoms with Crippen LogP contribution in [0.3, 0.4) is 0 Å². The quantitative estimate of drug-likeness (QED) is 0.791. The van der Waals surface area contributed by atoms with Crippen molar-refractivity contribution < 1.29 is 9.59 Å². The third-order valence-corrected chi connectivity index (χ3v) is 5.24. The number of carbonyl (C=O) groups is 2. The van der Waals surface area contributed by atoms with E-state index >= 15 is 0 Å². The van der Waals surface area contributed by atoms with E-state index in [4.69, 9.17) is 0 Å². The fraction of sp³-hybridized carbons (Fsp3) is 0.409. The van der Waals surface area contributed by atoms with Crippen molar-refractivity contribution in [3.8, 4) is 0 Å². The van der Waals surface area contributed by atoms with E-state index < -0.39 is 0 Å². The minimum atomic E-state index is -0.00166. The molecule has 142 valence electrons. The number of piperidine rings is 1. The zero-order valence-electron chi connectivity index (χ0n) is 15.9. The average Bonchev–Trinajstić information content (AvgIpc) is 2.72. The Morgan fingerprint density at radius 2 is 1.70 bits per heavy atom. The standard InChI is InChI=1S/C22H27N3O2/c1-18(26)24-15-10-21(11-16-24)22(27)25(17-20-7-12-23-13-8-20)14-9-19-5-3-2-4-6-19/h2-8,12-13,21H,9-11,14-17H2,1H3. The first-order chi connectivity index (χ1) is 13.1. The summed E-state index contributed by atoms with van der Waals surface area (Å²) in [5.41, 5.74) is 2.32. The van der Waals surface area contributed by atoms with Gasteiger partial charge in [0.15, 0.2) is 0 Å². The zero-order valence-corrected chi connectivity index (χ0v) is 15.9. The average molecular weight is 365 g/mol. The molecule has 3 rings (SSSR count). The van der Waals surface area contributed by atoms with Gasteiger partial charge in [-0.2, -0.15) is 0 Å². The highest BCUT2D eigenvalue weighted by atomic mass is 16.2. The zero-order chi connectivity index (χ0) is 19.1. The largest absolute Gasteiger partial charge is 0.343 e. The molecule has 0 aliphatic carbocycles. The van der Waals surface area contributed by atoms with Gasteiger partial charge in [-0.25, -0.2) is 0 Å². The summed E-state index contributed by atoms with van der Waals surface area (Å²) in [6.45, 7) is 4.23. The first kappa shape index (κ1) is 19.1. The minimum Gasteiger partial charge on any atom is -0.343 e. The maximum atomic E-state index is 13.2. The maximum absolute atomic E-state index is 13.2. The Morgan fingerprint density at radius 1 is 1.04 bits per heavy atom. The van der Waals surface area contributed by atoms with E-state index in [9.17, 15) is 9.59 Å². The summed E-state index contributed by atoms with van der Waals surface area (Å²) in [5.74, 6) is 0.294. The molecule has 2 heterocycles. The lowest BCUT2D eigenvalue weighted by Crippen LogP contribution is -2.44. The maximum Gasteiger partial charge on any atom is 0.226 e. The number of hydrogen-bond donors (Lipinski definition) is 0. The van der Waals surface area contributed by atoms with Crippen LogP contribution >= 0.6 is 0 Å². The molecule has 1 aromatic heterocycles. The van der Waals surface area contributed by atoms with E-state index in [2.05, 4.69) is 17.1 Å². The first-order valence-electron chi connectivity index (χ1n) is 9.60. The minimum absolute atomic E-state index is 0.00166. The van der Waals surface area contributed by atoms with E-state index in [1.807, 2.05) is 40.1 Å². The second-order valence-electron chi connectivity index (χ2n) is 7.13. The van der Waals surface area contributed by atoms with Gasteiger partial charge < -0.3 is 9.80 Å². The van der Waals surface area contributed by atoms with Gasteiger partial charge in [-0.3, -0.25) is 14.6 Å². The summed E-state index contributed by atoms with van der Waals surface area (Å²) in [4.78, 5) is 32.6. The monoisotopic (exact) mass is 365 g/mol. The van der Waals surface area contributed by atoms with Crippen LogP contribution in [0.4, 0.5) is 0 Å². The molecule has 27 heavy (non-hydrogen) atoms. The summed E-state index contributed by atoms with van der Waals surface area (Å²) < 4.78 is 0. The third-order valence-electron chi connectivity index (χ3n) is 5.24. The SMILES string of the molecule is CC(=O)N1CCC(C(=O)N(CCc2ccccc2)Cc2ccncc2)CC1. The molecule has 5 nitrogen and oxygen atoms in total. The van der Waals surface area contributed by atoms with Crippen molar-refractivity contribution in [3.63, 3.8) is 0 Å². The van der Waals surface area contributed by atoms with Crippen molar-refractivity contribution in [3.05, 3.63) is 66.0 Å². The highest BCUT2D eigenvalue weighted by Gasteiger charge is 2.29. The number of pyridine rings is 1.